The van der Waals surface area contributed by atoms with Crippen LogP contribution in [0, 0.1) is 28.6 Å². The fourth-order valence-corrected chi connectivity index (χ4v) is 6.56. The van der Waals surface area contributed by atoms with Crippen molar-refractivity contribution in [3.8, 4) is 0 Å². The molecule has 3 rings (SSSR count). The molecule has 0 unspecified atom stereocenters. The van der Waals surface area contributed by atoms with Crippen molar-refractivity contribution in [1.29, 1.82) is 0 Å². The lowest BCUT2D eigenvalue weighted by molar-refractivity contribution is -0.258. The van der Waals surface area contributed by atoms with Gasteiger partial charge in [-0.15, -0.1) is 0 Å². The lowest BCUT2D eigenvalue weighted by Gasteiger charge is -2.61. The molecule has 1 aliphatic heterocycles. The van der Waals surface area contributed by atoms with Crippen molar-refractivity contribution in [2.45, 2.75) is 92.0 Å². The van der Waals surface area contributed by atoms with Crippen LogP contribution in [0.25, 0.3) is 0 Å². The second kappa shape index (κ2) is 11.1. The fraction of sp³-hybridized carbons (Fsp3) is 0.690. The standard InChI is InChI=1S/C29H42O8/c1-10-17(4)11-12-28(8)18(5)13-24(33-9)29-22(14-21(15-23(28)29)36-25(32)16(2)3)26(34-19(6)30)37-27(29)35-20(7)31/h10,14,16,18,21,23-24,26-27H,1,4,11-13,15H2,2-3,5-9H3/t18-,21+,23+,24+,26+,27+,28-,29-/m1/s1. The number of ether oxygens (including phenoxy) is 5. The quantitative estimate of drug-likeness (QED) is 0.184. The SMILES string of the molecule is C=CC(=C)CC[C@]1(C)[C@H](C)C[C@H](OC)[C@@]23C(=C[C@H](OC(=O)C(C)C)C[C@@H]12)[C@@H](OC(C)=O)O[C@@H]3OC(C)=O. The second-order valence-electron chi connectivity index (χ2n) is 11.2. The average molecular weight is 519 g/mol. The summed E-state index contributed by atoms with van der Waals surface area (Å²) in [7, 11) is 1.64. The van der Waals surface area contributed by atoms with E-state index in [1.165, 1.54) is 13.8 Å². The van der Waals surface area contributed by atoms with Crippen molar-refractivity contribution in [2.24, 2.45) is 28.6 Å². The third-order valence-electron chi connectivity index (χ3n) is 8.67. The highest BCUT2D eigenvalue weighted by Gasteiger charge is 2.71. The van der Waals surface area contributed by atoms with Gasteiger partial charge in [-0.05, 0) is 49.0 Å². The Bertz CT molecular complexity index is 967. The van der Waals surface area contributed by atoms with Crippen molar-refractivity contribution < 1.29 is 38.1 Å². The van der Waals surface area contributed by atoms with Crippen LogP contribution in [0.1, 0.15) is 67.2 Å². The monoisotopic (exact) mass is 518 g/mol. The van der Waals surface area contributed by atoms with E-state index in [2.05, 4.69) is 27.0 Å². The van der Waals surface area contributed by atoms with Crippen LogP contribution in [-0.2, 0) is 38.1 Å². The highest BCUT2D eigenvalue weighted by Crippen LogP contribution is 2.67. The third-order valence-corrected chi connectivity index (χ3v) is 8.67. The molecule has 0 amide bonds. The van der Waals surface area contributed by atoms with Gasteiger partial charge in [-0.25, -0.2) is 0 Å². The first-order chi connectivity index (χ1) is 17.3. The van der Waals surface area contributed by atoms with E-state index in [1.54, 1.807) is 27.0 Å². The summed E-state index contributed by atoms with van der Waals surface area (Å²) in [6, 6.07) is 0. The summed E-state index contributed by atoms with van der Waals surface area (Å²) in [5.74, 6) is -1.65. The van der Waals surface area contributed by atoms with E-state index in [0.717, 1.165) is 18.4 Å². The maximum atomic E-state index is 12.6. The first-order valence-corrected chi connectivity index (χ1v) is 13.1. The minimum absolute atomic E-state index is 0.193. The maximum Gasteiger partial charge on any atom is 0.308 e. The molecule has 1 saturated carbocycles. The number of esters is 3. The summed E-state index contributed by atoms with van der Waals surface area (Å²) >= 11 is 0. The Labute approximate surface area is 220 Å². The van der Waals surface area contributed by atoms with Crippen LogP contribution in [0.15, 0.2) is 36.5 Å². The number of hydrogen-bond acceptors (Lipinski definition) is 8. The van der Waals surface area contributed by atoms with E-state index in [-0.39, 0.29) is 35.2 Å². The number of methoxy groups -OCH3 is 1. The Morgan fingerprint density at radius 2 is 1.81 bits per heavy atom. The van der Waals surface area contributed by atoms with Crippen molar-refractivity contribution in [2.75, 3.05) is 7.11 Å². The molecule has 1 spiro atoms. The zero-order valence-corrected chi connectivity index (χ0v) is 23.2. The van der Waals surface area contributed by atoms with Crippen LogP contribution in [0.5, 0.6) is 0 Å². The number of rotatable bonds is 9. The van der Waals surface area contributed by atoms with E-state index in [4.69, 9.17) is 23.7 Å². The van der Waals surface area contributed by atoms with Crippen molar-refractivity contribution in [3.05, 3.63) is 36.5 Å². The number of carbonyl (C=O) groups excluding carboxylic acids is 3. The Morgan fingerprint density at radius 3 is 2.35 bits per heavy atom. The Hall–Kier alpha value is -2.45. The van der Waals surface area contributed by atoms with Crippen LogP contribution < -0.4 is 0 Å². The topological polar surface area (TPSA) is 97.4 Å². The molecular weight excluding hydrogens is 476 g/mol. The van der Waals surface area contributed by atoms with Gasteiger partial charge in [0.1, 0.15) is 6.10 Å². The molecule has 0 aromatic carbocycles. The van der Waals surface area contributed by atoms with Gasteiger partial charge in [0.25, 0.3) is 0 Å². The molecule has 1 saturated heterocycles. The van der Waals surface area contributed by atoms with E-state index < -0.39 is 36.0 Å². The normalized spacial score (nSPS) is 36.6. The zero-order valence-electron chi connectivity index (χ0n) is 23.2. The summed E-state index contributed by atoms with van der Waals surface area (Å²) < 4.78 is 29.6. The van der Waals surface area contributed by atoms with Gasteiger partial charge in [0, 0.05) is 26.5 Å². The van der Waals surface area contributed by atoms with Crippen molar-refractivity contribution >= 4 is 17.9 Å². The molecule has 2 fully saturated rings. The molecule has 0 radical (unpaired) electrons. The summed E-state index contributed by atoms with van der Waals surface area (Å²) in [5.41, 5.74) is 0.315. The van der Waals surface area contributed by atoms with Gasteiger partial charge in [0.15, 0.2) is 0 Å². The van der Waals surface area contributed by atoms with E-state index in [1.807, 2.05) is 6.08 Å². The van der Waals surface area contributed by atoms with Gasteiger partial charge in [0.2, 0.25) is 12.6 Å². The Kier molecular flexibility index (Phi) is 8.75. The number of hydrogen-bond donors (Lipinski definition) is 0. The molecule has 0 aromatic heterocycles. The zero-order chi connectivity index (χ0) is 27.7. The molecule has 37 heavy (non-hydrogen) atoms. The fourth-order valence-electron chi connectivity index (χ4n) is 6.56. The van der Waals surface area contributed by atoms with Gasteiger partial charge in [0.05, 0.1) is 17.4 Å². The first kappa shape index (κ1) is 29.1. The molecular formula is C29H42O8. The number of allylic oxidation sites excluding steroid dienone is 2. The molecule has 2 aliphatic carbocycles. The smallest absolute Gasteiger partial charge is 0.308 e. The van der Waals surface area contributed by atoms with Crippen LogP contribution in [0.4, 0.5) is 0 Å². The highest BCUT2D eigenvalue weighted by atomic mass is 16.8. The molecule has 8 atom stereocenters. The molecule has 0 bridgehead atoms. The largest absolute Gasteiger partial charge is 0.458 e. The first-order valence-electron chi connectivity index (χ1n) is 13.1. The van der Waals surface area contributed by atoms with Crippen molar-refractivity contribution in [3.63, 3.8) is 0 Å². The lowest BCUT2D eigenvalue weighted by Crippen LogP contribution is -2.63. The van der Waals surface area contributed by atoms with E-state index in [9.17, 15) is 14.4 Å². The van der Waals surface area contributed by atoms with Gasteiger partial charge >= 0.3 is 17.9 Å². The molecule has 0 aromatic rings. The Morgan fingerprint density at radius 1 is 1.16 bits per heavy atom. The van der Waals surface area contributed by atoms with Crippen LogP contribution >= 0.6 is 0 Å². The summed E-state index contributed by atoms with van der Waals surface area (Å²) in [6.07, 6.45) is 3.17. The summed E-state index contributed by atoms with van der Waals surface area (Å²) in [6.45, 7) is 18.6. The number of carbonyl (C=O) groups is 3. The highest BCUT2D eigenvalue weighted by molar-refractivity contribution is 5.72. The second-order valence-corrected chi connectivity index (χ2v) is 11.2. The molecule has 8 heteroatoms. The average Bonchev–Trinajstić information content (AvgIpc) is 3.11. The third kappa shape index (κ3) is 5.28. The van der Waals surface area contributed by atoms with Gasteiger partial charge < -0.3 is 18.9 Å². The van der Waals surface area contributed by atoms with Gasteiger partial charge in [-0.3, -0.25) is 19.1 Å². The van der Waals surface area contributed by atoms with Gasteiger partial charge in [-0.1, -0.05) is 52.5 Å². The van der Waals surface area contributed by atoms with E-state index in [0.29, 0.717) is 18.4 Å². The van der Waals surface area contributed by atoms with E-state index >= 15 is 0 Å². The predicted octanol–water partition coefficient (Wildman–Crippen LogP) is 4.88. The lowest BCUT2D eigenvalue weighted by atomic mass is 9.45. The maximum absolute atomic E-state index is 12.6. The molecule has 0 N–H and O–H groups in total. The Balaban J connectivity index is 2.23. The predicted molar refractivity (Wildman–Crippen MR) is 137 cm³/mol. The molecule has 3 aliphatic rings. The van der Waals surface area contributed by atoms with Crippen LogP contribution in [0.3, 0.4) is 0 Å². The summed E-state index contributed by atoms with van der Waals surface area (Å²) in [4.78, 5) is 37.0. The molecule has 8 nitrogen and oxygen atoms in total. The minimum atomic E-state index is -1.09. The summed E-state index contributed by atoms with van der Waals surface area (Å²) in [5, 5.41) is 0. The van der Waals surface area contributed by atoms with Crippen molar-refractivity contribution in [1.82, 2.24) is 0 Å². The molecule has 1 heterocycles. The van der Waals surface area contributed by atoms with Gasteiger partial charge in [-0.2, -0.15) is 0 Å². The molecule has 206 valence electrons. The van der Waals surface area contributed by atoms with Crippen LogP contribution in [-0.4, -0.2) is 49.8 Å². The minimum Gasteiger partial charge on any atom is -0.458 e. The van der Waals surface area contributed by atoms with Crippen LogP contribution in [0.2, 0.25) is 0 Å².